The second-order valence-corrected chi connectivity index (χ2v) is 9.08. The molecule has 1 aromatic rings. The van der Waals surface area contributed by atoms with Gasteiger partial charge in [0, 0.05) is 23.5 Å². The summed E-state index contributed by atoms with van der Waals surface area (Å²) in [6, 6.07) is 0. The zero-order chi connectivity index (χ0) is 17.7. The summed E-state index contributed by atoms with van der Waals surface area (Å²) in [6.45, 7) is 11.3. The van der Waals surface area contributed by atoms with E-state index in [2.05, 4.69) is 25.3 Å². The van der Waals surface area contributed by atoms with Crippen molar-refractivity contribution in [2.45, 2.75) is 46.7 Å². The first-order valence-corrected chi connectivity index (χ1v) is 10.2. The van der Waals surface area contributed by atoms with Gasteiger partial charge >= 0.3 is 0 Å². The summed E-state index contributed by atoms with van der Waals surface area (Å²) in [5.74, 6) is 0.654. The van der Waals surface area contributed by atoms with E-state index in [0.29, 0.717) is 19.0 Å². The smallest absolute Gasteiger partial charge is 0.209 e. The molecule has 3 N–H and O–H groups in total. The highest BCUT2D eigenvalue weighted by atomic mass is 32.2. The molecule has 0 bridgehead atoms. The Morgan fingerprint density at radius 3 is 2.43 bits per heavy atom. The fourth-order valence-corrected chi connectivity index (χ4v) is 3.99. The molecule has 23 heavy (non-hydrogen) atoms. The number of nitrogens with one attached hydrogen (secondary N) is 3. The van der Waals surface area contributed by atoms with E-state index in [9.17, 15) is 8.42 Å². The molecular weight excluding hydrogens is 334 g/mol. The van der Waals surface area contributed by atoms with Crippen LogP contribution in [-0.2, 0) is 16.6 Å². The van der Waals surface area contributed by atoms with E-state index in [0.717, 1.165) is 28.4 Å². The lowest BCUT2D eigenvalue weighted by molar-refractivity contribution is 0.446. The van der Waals surface area contributed by atoms with Gasteiger partial charge in [-0.2, -0.15) is 0 Å². The van der Waals surface area contributed by atoms with Crippen LogP contribution >= 0.6 is 11.3 Å². The molecule has 0 fully saturated rings. The van der Waals surface area contributed by atoms with E-state index in [-0.39, 0.29) is 0 Å². The Morgan fingerprint density at radius 2 is 1.96 bits per heavy atom. The maximum absolute atomic E-state index is 11.4. The van der Waals surface area contributed by atoms with Gasteiger partial charge in [-0.3, -0.25) is 0 Å². The van der Waals surface area contributed by atoms with Crippen molar-refractivity contribution in [1.82, 2.24) is 20.3 Å². The molecule has 1 aromatic heterocycles. The fourth-order valence-electron chi connectivity index (χ4n) is 2.06. The standard InChI is InChI=1S/C14H27N5O2S2/c1-7-15-13(16-8-12-10(2)18-11(3)22-12)17-9-14(4,5)19-23(6,20)21/h19H,7-9H2,1-6H3,(H2,15,16,17). The summed E-state index contributed by atoms with van der Waals surface area (Å²) in [7, 11) is -3.26. The number of nitrogens with zero attached hydrogens (tertiary/aromatic N) is 2. The molecular formula is C14H27N5O2S2. The molecule has 0 aliphatic heterocycles. The molecule has 0 radical (unpaired) electrons. The maximum Gasteiger partial charge on any atom is 0.209 e. The lowest BCUT2D eigenvalue weighted by Crippen LogP contribution is -2.53. The molecule has 0 aromatic carbocycles. The van der Waals surface area contributed by atoms with Gasteiger partial charge in [0.05, 0.1) is 23.5 Å². The van der Waals surface area contributed by atoms with Crippen LogP contribution in [0, 0.1) is 13.8 Å². The van der Waals surface area contributed by atoms with E-state index in [1.54, 1.807) is 11.3 Å². The number of rotatable bonds is 7. The van der Waals surface area contributed by atoms with Crippen molar-refractivity contribution in [3.8, 4) is 0 Å². The third kappa shape index (κ3) is 7.76. The predicted molar refractivity (Wildman–Crippen MR) is 96.5 cm³/mol. The SMILES string of the molecule is CCNC(=NCc1sc(C)nc1C)NCC(C)(C)NS(C)(=O)=O. The lowest BCUT2D eigenvalue weighted by atomic mass is 10.1. The quantitative estimate of drug-likeness (QED) is 0.500. The van der Waals surface area contributed by atoms with E-state index in [4.69, 9.17) is 0 Å². The Kier molecular flexibility index (Phi) is 6.97. The lowest BCUT2D eigenvalue weighted by Gasteiger charge is -2.26. The van der Waals surface area contributed by atoms with E-state index >= 15 is 0 Å². The van der Waals surface area contributed by atoms with Gasteiger partial charge in [-0.15, -0.1) is 11.3 Å². The first kappa shape index (κ1) is 19.9. The van der Waals surface area contributed by atoms with Crippen LogP contribution in [0.4, 0.5) is 0 Å². The second-order valence-electron chi connectivity index (χ2n) is 6.05. The van der Waals surface area contributed by atoms with E-state index in [1.165, 1.54) is 0 Å². The molecule has 0 spiro atoms. The molecule has 0 atom stereocenters. The van der Waals surface area contributed by atoms with Crippen molar-refractivity contribution in [2.75, 3.05) is 19.3 Å². The Labute approximate surface area is 143 Å². The molecule has 132 valence electrons. The van der Waals surface area contributed by atoms with Gasteiger partial charge in [-0.25, -0.2) is 23.1 Å². The zero-order valence-corrected chi connectivity index (χ0v) is 16.3. The highest BCUT2D eigenvalue weighted by Crippen LogP contribution is 2.17. The molecule has 1 heterocycles. The first-order valence-electron chi connectivity index (χ1n) is 7.46. The molecule has 1 rings (SSSR count). The average Bonchev–Trinajstić information content (AvgIpc) is 2.68. The minimum absolute atomic E-state index is 0.423. The molecule has 0 amide bonds. The van der Waals surface area contributed by atoms with Crippen molar-refractivity contribution < 1.29 is 8.42 Å². The fraction of sp³-hybridized carbons (Fsp3) is 0.714. The van der Waals surface area contributed by atoms with Crippen LogP contribution in [0.1, 0.15) is 36.3 Å². The van der Waals surface area contributed by atoms with Gasteiger partial charge in [0.15, 0.2) is 5.96 Å². The number of thiazole rings is 1. The maximum atomic E-state index is 11.4. The minimum Gasteiger partial charge on any atom is -0.357 e. The summed E-state index contributed by atoms with van der Waals surface area (Å²) in [5.41, 5.74) is 0.395. The van der Waals surface area contributed by atoms with E-state index < -0.39 is 15.6 Å². The number of aliphatic imine (C=N–C) groups is 1. The van der Waals surface area contributed by atoms with Crippen LogP contribution in [0.25, 0.3) is 0 Å². The molecule has 0 unspecified atom stereocenters. The van der Waals surface area contributed by atoms with Crippen molar-refractivity contribution in [1.29, 1.82) is 0 Å². The molecule has 0 saturated heterocycles. The predicted octanol–water partition coefficient (Wildman–Crippen LogP) is 1.14. The molecule has 9 heteroatoms. The summed E-state index contributed by atoms with van der Waals surface area (Å²) in [6.07, 6.45) is 1.16. The van der Waals surface area contributed by atoms with Gasteiger partial charge in [-0.05, 0) is 34.6 Å². The number of aryl methyl sites for hydroxylation is 2. The van der Waals surface area contributed by atoms with Gasteiger partial charge < -0.3 is 10.6 Å². The number of hydrogen-bond acceptors (Lipinski definition) is 5. The summed E-state index contributed by atoms with van der Waals surface area (Å²) in [5, 5.41) is 7.37. The highest BCUT2D eigenvalue weighted by molar-refractivity contribution is 7.88. The highest BCUT2D eigenvalue weighted by Gasteiger charge is 2.22. The van der Waals surface area contributed by atoms with Gasteiger partial charge in [0.2, 0.25) is 10.0 Å². The molecule has 7 nitrogen and oxygen atoms in total. The van der Waals surface area contributed by atoms with Crippen LogP contribution in [0.5, 0.6) is 0 Å². The number of hydrogen-bond donors (Lipinski definition) is 3. The van der Waals surface area contributed by atoms with Crippen LogP contribution in [0.2, 0.25) is 0 Å². The summed E-state index contributed by atoms with van der Waals surface area (Å²) < 4.78 is 25.4. The minimum atomic E-state index is -3.26. The summed E-state index contributed by atoms with van der Waals surface area (Å²) >= 11 is 1.64. The van der Waals surface area contributed by atoms with Crippen molar-refractivity contribution >= 4 is 27.3 Å². The normalized spacial score (nSPS) is 13.2. The Hall–Kier alpha value is -1.19. The second kappa shape index (κ2) is 8.07. The molecule has 0 saturated carbocycles. The Balaban J connectivity index is 2.71. The van der Waals surface area contributed by atoms with Gasteiger partial charge in [0.25, 0.3) is 0 Å². The topological polar surface area (TPSA) is 95.5 Å². The zero-order valence-electron chi connectivity index (χ0n) is 14.6. The number of guanidine groups is 1. The van der Waals surface area contributed by atoms with Crippen molar-refractivity contribution in [2.24, 2.45) is 4.99 Å². The monoisotopic (exact) mass is 361 g/mol. The molecule has 0 aliphatic carbocycles. The molecule has 0 aliphatic rings. The Morgan fingerprint density at radius 1 is 1.30 bits per heavy atom. The van der Waals surface area contributed by atoms with Crippen LogP contribution in [-0.4, -0.2) is 44.2 Å². The van der Waals surface area contributed by atoms with Crippen LogP contribution in [0.3, 0.4) is 0 Å². The van der Waals surface area contributed by atoms with E-state index in [1.807, 2.05) is 34.6 Å². The average molecular weight is 362 g/mol. The van der Waals surface area contributed by atoms with Crippen molar-refractivity contribution in [3.63, 3.8) is 0 Å². The largest absolute Gasteiger partial charge is 0.357 e. The third-order valence-corrected chi connectivity index (χ3v) is 4.87. The first-order chi connectivity index (χ1) is 10.5. The van der Waals surface area contributed by atoms with Gasteiger partial charge in [-0.1, -0.05) is 0 Å². The number of sulfonamides is 1. The van der Waals surface area contributed by atoms with Crippen LogP contribution in [0.15, 0.2) is 4.99 Å². The number of aromatic nitrogens is 1. The summed E-state index contributed by atoms with van der Waals surface area (Å²) in [4.78, 5) is 10.1. The Bertz CT molecular complexity index is 650. The van der Waals surface area contributed by atoms with Gasteiger partial charge in [0.1, 0.15) is 0 Å². The van der Waals surface area contributed by atoms with Crippen LogP contribution < -0.4 is 15.4 Å². The third-order valence-electron chi connectivity index (χ3n) is 2.88. The van der Waals surface area contributed by atoms with Crippen molar-refractivity contribution in [3.05, 3.63) is 15.6 Å².